The average molecular weight is 391 g/mol. The van der Waals surface area contributed by atoms with Crippen molar-refractivity contribution in [3.63, 3.8) is 0 Å². The van der Waals surface area contributed by atoms with Crippen LogP contribution in [0.3, 0.4) is 0 Å². The van der Waals surface area contributed by atoms with Crippen molar-refractivity contribution in [1.82, 2.24) is 5.32 Å². The maximum absolute atomic E-state index is 12.9. The van der Waals surface area contributed by atoms with Gasteiger partial charge in [0, 0.05) is 11.3 Å². The molecule has 2 aromatic rings. The molecule has 0 unspecified atom stereocenters. The number of amides is 1. The molecule has 6 heteroatoms. The fourth-order valence-corrected chi connectivity index (χ4v) is 2.92. The largest absolute Gasteiger partial charge is 0.467 e. The molecule has 27 heavy (non-hydrogen) atoms. The number of carbonyl (C=O) groups is 2. The molecular weight excluding hydrogens is 364 g/mol. The molecule has 0 aliphatic carbocycles. The van der Waals surface area contributed by atoms with Crippen molar-refractivity contribution >= 4 is 30.0 Å². The van der Waals surface area contributed by atoms with Crippen LogP contribution in [-0.2, 0) is 9.53 Å². The molecule has 146 valence electrons. The van der Waals surface area contributed by atoms with Crippen LogP contribution in [0.1, 0.15) is 36.2 Å². The highest BCUT2D eigenvalue weighted by Gasteiger charge is 2.24. The van der Waals surface area contributed by atoms with Crippen LogP contribution in [0.5, 0.6) is 0 Å². The van der Waals surface area contributed by atoms with Crippen molar-refractivity contribution < 1.29 is 14.3 Å². The quantitative estimate of drug-likeness (QED) is 0.577. The van der Waals surface area contributed by atoms with E-state index in [0.29, 0.717) is 17.7 Å². The van der Waals surface area contributed by atoms with Crippen LogP contribution >= 0.6 is 12.4 Å². The number of anilines is 1. The highest BCUT2D eigenvalue weighted by atomic mass is 35.5. The predicted octanol–water partition coefficient (Wildman–Crippen LogP) is 3.98. The molecule has 0 fully saturated rings. The van der Waals surface area contributed by atoms with E-state index in [0.717, 1.165) is 16.7 Å². The van der Waals surface area contributed by atoms with Crippen LogP contribution in [0.4, 0.5) is 5.69 Å². The second kappa shape index (κ2) is 9.97. The summed E-state index contributed by atoms with van der Waals surface area (Å²) in [6.45, 7) is 5.96. The summed E-state index contributed by atoms with van der Waals surface area (Å²) in [5, 5.41) is 2.81. The molecule has 0 saturated carbocycles. The summed E-state index contributed by atoms with van der Waals surface area (Å²) in [7, 11) is 1.32. The molecular formula is C21H27ClN2O3. The third-order valence-corrected chi connectivity index (χ3v) is 4.22. The summed E-state index contributed by atoms with van der Waals surface area (Å²) in [4.78, 5) is 24.9. The van der Waals surface area contributed by atoms with Crippen molar-refractivity contribution in [2.75, 3.05) is 12.8 Å². The van der Waals surface area contributed by atoms with Gasteiger partial charge in [-0.15, -0.1) is 12.4 Å². The van der Waals surface area contributed by atoms with E-state index < -0.39 is 12.0 Å². The van der Waals surface area contributed by atoms with E-state index in [2.05, 4.69) is 5.32 Å². The maximum atomic E-state index is 12.9. The van der Waals surface area contributed by atoms with E-state index in [9.17, 15) is 9.59 Å². The molecule has 0 aliphatic heterocycles. The van der Waals surface area contributed by atoms with E-state index in [1.807, 2.05) is 45.0 Å². The fraction of sp³-hybridized carbons (Fsp3) is 0.333. The highest BCUT2D eigenvalue weighted by molar-refractivity contribution is 6.03. The van der Waals surface area contributed by atoms with E-state index in [1.54, 1.807) is 18.2 Å². The standard InChI is InChI=1S/C21H26N2O3.ClH/c1-13(2)11-19(21(25)26-4)23-20(24)17-10-9-15(22)12-18(17)16-8-6-5-7-14(16)3;/h5-10,12-13,19H,11,22H2,1-4H3,(H,23,24);1H/t19-;/m0./s1. The summed E-state index contributed by atoms with van der Waals surface area (Å²) < 4.78 is 4.83. The Morgan fingerprint density at radius 1 is 1.11 bits per heavy atom. The fourth-order valence-electron chi connectivity index (χ4n) is 2.92. The molecule has 1 atom stereocenters. The number of benzene rings is 2. The molecule has 0 bridgehead atoms. The number of methoxy groups -OCH3 is 1. The van der Waals surface area contributed by atoms with Crippen LogP contribution in [-0.4, -0.2) is 25.0 Å². The van der Waals surface area contributed by atoms with Crippen molar-refractivity contribution in [2.45, 2.75) is 33.2 Å². The van der Waals surface area contributed by atoms with Crippen LogP contribution in [0.2, 0.25) is 0 Å². The number of nitrogens with two attached hydrogens (primary N) is 1. The molecule has 2 aromatic carbocycles. The van der Waals surface area contributed by atoms with Crippen LogP contribution in [0, 0.1) is 12.8 Å². The summed E-state index contributed by atoms with van der Waals surface area (Å²) in [6, 6.07) is 12.3. The predicted molar refractivity (Wildman–Crippen MR) is 111 cm³/mol. The monoisotopic (exact) mass is 390 g/mol. The Balaban J connectivity index is 0.00000364. The van der Waals surface area contributed by atoms with Gasteiger partial charge in [0.15, 0.2) is 0 Å². The smallest absolute Gasteiger partial charge is 0.328 e. The van der Waals surface area contributed by atoms with Gasteiger partial charge >= 0.3 is 5.97 Å². The van der Waals surface area contributed by atoms with Gasteiger partial charge in [0.05, 0.1) is 7.11 Å². The molecule has 0 spiro atoms. The number of ether oxygens (including phenoxy) is 1. The van der Waals surface area contributed by atoms with E-state index in [-0.39, 0.29) is 24.2 Å². The number of hydrogen-bond donors (Lipinski definition) is 2. The maximum Gasteiger partial charge on any atom is 0.328 e. The number of carbonyl (C=O) groups excluding carboxylic acids is 2. The zero-order chi connectivity index (χ0) is 19.3. The first-order valence-corrected chi connectivity index (χ1v) is 8.67. The van der Waals surface area contributed by atoms with Crippen molar-refractivity contribution in [2.24, 2.45) is 5.92 Å². The molecule has 1 amide bonds. The lowest BCUT2D eigenvalue weighted by atomic mass is 9.94. The molecule has 0 saturated heterocycles. The second-order valence-corrected chi connectivity index (χ2v) is 6.80. The zero-order valence-corrected chi connectivity index (χ0v) is 16.9. The molecule has 3 N–H and O–H groups in total. The molecule has 0 aliphatic rings. The first-order valence-electron chi connectivity index (χ1n) is 8.67. The van der Waals surface area contributed by atoms with Crippen molar-refractivity contribution in [3.05, 3.63) is 53.6 Å². The van der Waals surface area contributed by atoms with Gasteiger partial charge in [0.1, 0.15) is 6.04 Å². The Kier molecular flexibility index (Phi) is 8.32. The SMILES string of the molecule is COC(=O)[C@H](CC(C)C)NC(=O)c1ccc(N)cc1-c1ccccc1C.Cl. The number of hydrogen-bond acceptors (Lipinski definition) is 4. The van der Waals surface area contributed by atoms with E-state index >= 15 is 0 Å². The minimum atomic E-state index is -0.685. The van der Waals surface area contributed by atoms with Gasteiger partial charge in [-0.1, -0.05) is 38.1 Å². The average Bonchev–Trinajstić information content (AvgIpc) is 2.60. The van der Waals surface area contributed by atoms with E-state index in [4.69, 9.17) is 10.5 Å². The Hall–Kier alpha value is -2.53. The van der Waals surface area contributed by atoms with Crippen molar-refractivity contribution in [3.8, 4) is 11.1 Å². The summed E-state index contributed by atoms with van der Waals surface area (Å²) in [5.74, 6) is -0.527. The number of esters is 1. The summed E-state index contributed by atoms with van der Waals surface area (Å²) >= 11 is 0. The third kappa shape index (κ3) is 5.73. The number of aryl methyl sites for hydroxylation is 1. The normalized spacial score (nSPS) is 11.4. The molecule has 0 radical (unpaired) electrons. The van der Waals surface area contributed by atoms with E-state index in [1.165, 1.54) is 7.11 Å². The first kappa shape index (κ1) is 22.5. The van der Waals surface area contributed by atoms with Crippen LogP contribution < -0.4 is 11.1 Å². The van der Waals surface area contributed by atoms with Gasteiger partial charge < -0.3 is 15.8 Å². The van der Waals surface area contributed by atoms with Gasteiger partial charge in [0.25, 0.3) is 5.91 Å². The Morgan fingerprint density at radius 3 is 2.37 bits per heavy atom. The van der Waals surface area contributed by atoms with Gasteiger partial charge in [-0.25, -0.2) is 4.79 Å². The second-order valence-electron chi connectivity index (χ2n) is 6.80. The van der Waals surface area contributed by atoms with Gasteiger partial charge in [-0.3, -0.25) is 4.79 Å². The molecule has 0 heterocycles. The number of halogens is 1. The summed E-state index contributed by atoms with van der Waals surface area (Å²) in [5.41, 5.74) is 9.72. The number of rotatable bonds is 6. The Labute approximate surface area is 166 Å². The van der Waals surface area contributed by atoms with Crippen LogP contribution in [0.25, 0.3) is 11.1 Å². The number of nitrogens with one attached hydrogen (secondary N) is 1. The number of nitrogen functional groups attached to an aromatic ring is 1. The topological polar surface area (TPSA) is 81.4 Å². The lowest BCUT2D eigenvalue weighted by molar-refractivity contribution is -0.143. The summed E-state index contributed by atoms with van der Waals surface area (Å²) in [6.07, 6.45) is 0.507. The van der Waals surface area contributed by atoms with Gasteiger partial charge in [-0.05, 0) is 54.2 Å². The Morgan fingerprint density at radius 2 is 1.78 bits per heavy atom. The van der Waals surface area contributed by atoms with Gasteiger partial charge in [-0.2, -0.15) is 0 Å². The minimum Gasteiger partial charge on any atom is -0.467 e. The van der Waals surface area contributed by atoms with Crippen LogP contribution in [0.15, 0.2) is 42.5 Å². The molecule has 0 aromatic heterocycles. The zero-order valence-electron chi connectivity index (χ0n) is 16.1. The Bertz CT molecular complexity index is 806. The third-order valence-electron chi connectivity index (χ3n) is 4.22. The molecule has 2 rings (SSSR count). The van der Waals surface area contributed by atoms with Gasteiger partial charge in [0.2, 0.25) is 0 Å². The van der Waals surface area contributed by atoms with Crippen molar-refractivity contribution in [1.29, 1.82) is 0 Å². The minimum absolute atomic E-state index is 0. The lowest BCUT2D eigenvalue weighted by Gasteiger charge is -2.20. The lowest BCUT2D eigenvalue weighted by Crippen LogP contribution is -2.42. The highest BCUT2D eigenvalue weighted by Crippen LogP contribution is 2.29. The first-order chi connectivity index (χ1) is 12.3. The molecule has 5 nitrogen and oxygen atoms in total.